The molecule has 2 aromatic carbocycles. The summed E-state index contributed by atoms with van der Waals surface area (Å²) in [6, 6.07) is 12.1. The second-order valence-electron chi connectivity index (χ2n) is 4.58. The zero-order valence-electron chi connectivity index (χ0n) is 11.8. The van der Waals surface area contributed by atoms with Gasteiger partial charge in [0.25, 0.3) is 0 Å². The van der Waals surface area contributed by atoms with Gasteiger partial charge in [-0.1, -0.05) is 29.8 Å². The molecule has 0 fully saturated rings. The molecular weight excluding hydrogens is 310 g/mol. The van der Waals surface area contributed by atoms with E-state index in [9.17, 15) is 8.42 Å². The minimum Gasteiger partial charge on any atom is -0.496 e. The van der Waals surface area contributed by atoms with E-state index in [1.807, 2.05) is 6.07 Å². The van der Waals surface area contributed by atoms with Gasteiger partial charge in [0.05, 0.1) is 17.7 Å². The Morgan fingerprint density at radius 2 is 1.90 bits per heavy atom. The fourth-order valence-corrected chi connectivity index (χ4v) is 3.02. The molecule has 0 unspecified atom stereocenters. The summed E-state index contributed by atoms with van der Waals surface area (Å²) in [6.07, 6.45) is 1.19. The molecule has 0 amide bonds. The zero-order valence-corrected chi connectivity index (χ0v) is 13.3. The molecule has 0 saturated carbocycles. The zero-order chi connectivity index (χ0) is 15.5. The van der Waals surface area contributed by atoms with Gasteiger partial charge in [-0.25, -0.2) is 8.42 Å². The van der Waals surface area contributed by atoms with Crippen LogP contribution in [0.25, 0.3) is 0 Å². The second-order valence-corrected chi connectivity index (χ2v) is 7.00. The van der Waals surface area contributed by atoms with Crippen LogP contribution in [0.15, 0.2) is 47.4 Å². The molecule has 0 spiro atoms. The lowest BCUT2D eigenvalue weighted by Gasteiger charge is -2.13. The van der Waals surface area contributed by atoms with Gasteiger partial charge in [0, 0.05) is 23.4 Å². The molecule has 2 rings (SSSR count). The SMILES string of the molecule is COc1cc(Cl)ccc1CNc1ccccc1S(C)(=O)=O. The first-order chi connectivity index (χ1) is 9.91. The van der Waals surface area contributed by atoms with Crippen LogP contribution in [-0.4, -0.2) is 21.8 Å². The van der Waals surface area contributed by atoms with E-state index in [4.69, 9.17) is 16.3 Å². The van der Waals surface area contributed by atoms with Crippen molar-refractivity contribution >= 4 is 27.1 Å². The van der Waals surface area contributed by atoms with Gasteiger partial charge < -0.3 is 10.1 Å². The smallest absolute Gasteiger partial charge is 0.177 e. The lowest BCUT2D eigenvalue weighted by atomic mass is 10.2. The van der Waals surface area contributed by atoms with E-state index in [1.165, 1.54) is 6.26 Å². The maximum absolute atomic E-state index is 11.8. The van der Waals surface area contributed by atoms with Crippen molar-refractivity contribution in [2.75, 3.05) is 18.7 Å². The van der Waals surface area contributed by atoms with Gasteiger partial charge in [-0.3, -0.25) is 0 Å². The molecule has 0 atom stereocenters. The third kappa shape index (κ3) is 3.89. The van der Waals surface area contributed by atoms with Gasteiger partial charge >= 0.3 is 0 Å². The van der Waals surface area contributed by atoms with Crippen molar-refractivity contribution in [2.45, 2.75) is 11.4 Å². The highest BCUT2D eigenvalue weighted by atomic mass is 35.5. The molecule has 0 heterocycles. The van der Waals surface area contributed by atoms with Gasteiger partial charge in [-0.2, -0.15) is 0 Å². The Bertz CT molecular complexity index is 744. The summed E-state index contributed by atoms with van der Waals surface area (Å²) < 4.78 is 28.8. The van der Waals surface area contributed by atoms with Crippen LogP contribution in [0, 0.1) is 0 Å². The van der Waals surface area contributed by atoms with Crippen molar-refractivity contribution in [3.8, 4) is 5.75 Å². The molecule has 0 bridgehead atoms. The van der Waals surface area contributed by atoms with Crippen LogP contribution in [0.3, 0.4) is 0 Å². The molecule has 0 aliphatic heterocycles. The normalized spacial score (nSPS) is 11.2. The van der Waals surface area contributed by atoms with E-state index < -0.39 is 9.84 Å². The average molecular weight is 326 g/mol. The lowest BCUT2D eigenvalue weighted by molar-refractivity contribution is 0.410. The van der Waals surface area contributed by atoms with Crippen LogP contribution in [0.5, 0.6) is 5.75 Å². The Morgan fingerprint density at radius 1 is 1.19 bits per heavy atom. The largest absolute Gasteiger partial charge is 0.496 e. The fourth-order valence-electron chi connectivity index (χ4n) is 1.99. The van der Waals surface area contributed by atoms with E-state index >= 15 is 0 Å². The molecule has 0 aliphatic carbocycles. The van der Waals surface area contributed by atoms with E-state index in [0.29, 0.717) is 23.0 Å². The highest BCUT2D eigenvalue weighted by Gasteiger charge is 2.12. The third-order valence-electron chi connectivity index (χ3n) is 3.00. The lowest BCUT2D eigenvalue weighted by Crippen LogP contribution is -2.06. The average Bonchev–Trinajstić information content (AvgIpc) is 2.45. The number of nitrogens with one attached hydrogen (secondary N) is 1. The Labute approximate surface area is 129 Å². The minimum atomic E-state index is -3.28. The number of benzene rings is 2. The van der Waals surface area contributed by atoms with Crippen LogP contribution < -0.4 is 10.1 Å². The van der Waals surface area contributed by atoms with Gasteiger partial charge in [0.1, 0.15) is 5.75 Å². The van der Waals surface area contributed by atoms with Crippen molar-refractivity contribution in [3.63, 3.8) is 0 Å². The molecule has 0 aliphatic rings. The monoisotopic (exact) mass is 325 g/mol. The third-order valence-corrected chi connectivity index (χ3v) is 4.39. The Hall–Kier alpha value is -1.72. The molecule has 6 heteroatoms. The van der Waals surface area contributed by atoms with E-state index in [1.54, 1.807) is 43.5 Å². The van der Waals surface area contributed by atoms with Gasteiger partial charge in [-0.15, -0.1) is 0 Å². The molecule has 4 nitrogen and oxygen atoms in total. The summed E-state index contributed by atoms with van der Waals surface area (Å²) in [4.78, 5) is 0.276. The van der Waals surface area contributed by atoms with E-state index in [0.717, 1.165) is 5.56 Å². The molecule has 0 radical (unpaired) electrons. The standard InChI is InChI=1S/C15H16ClNO3S/c1-20-14-9-12(16)8-7-11(14)10-17-13-5-3-4-6-15(13)21(2,18)19/h3-9,17H,10H2,1-2H3. The molecular formula is C15H16ClNO3S. The molecule has 112 valence electrons. The number of halogens is 1. The van der Waals surface area contributed by atoms with Crippen LogP contribution in [0.1, 0.15) is 5.56 Å². The van der Waals surface area contributed by atoms with Crippen LogP contribution >= 0.6 is 11.6 Å². The Kier molecular flexibility index (Phi) is 4.75. The summed E-state index contributed by atoms with van der Waals surface area (Å²) >= 11 is 5.92. The van der Waals surface area contributed by atoms with Gasteiger partial charge in [-0.05, 0) is 24.3 Å². The summed E-state index contributed by atoms with van der Waals surface area (Å²) in [7, 11) is -1.71. The van der Waals surface area contributed by atoms with Crippen molar-refractivity contribution in [2.24, 2.45) is 0 Å². The molecule has 21 heavy (non-hydrogen) atoms. The Morgan fingerprint density at radius 3 is 2.57 bits per heavy atom. The highest BCUT2D eigenvalue weighted by molar-refractivity contribution is 7.90. The van der Waals surface area contributed by atoms with Crippen LogP contribution in [0.2, 0.25) is 5.02 Å². The van der Waals surface area contributed by atoms with Crippen molar-refractivity contribution in [3.05, 3.63) is 53.1 Å². The summed E-state index contributed by atoms with van der Waals surface area (Å²) in [6.45, 7) is 0.437. The topological polar surface area (TPSA) is 55.4 Å². The number of anilines is 1. The Balaban J connectivity index is 2.25. The predicted octanol–water partition coefficient (Wildman–Crippen LogP) is 3.36. The number of hydrogen-bond acceptors (Lipinski definition) is 4. The molecule has 0 aromatic heterocycles. The van der Waals surface area contributed by atoms with Crippen molar-refractivity contribution < 1.29 is 13.2 Å². The van der Waals surface area contributed by atoms with Crippen LogP contribution in [0.4, 0.5) is 5.69 Å². The van der Waals surface area contributed by atoms with Crippen LogP contribution in [-0.2, 0) is 16.4 Å². The fraction of sp³-hybridized carbons (Fsp3) is 0.200. The van der Waals surface area contributed by atoms with E-state index in [-0.39, 0.29) is 4.90 Å². The minimum absolute atomic E-state index is 0.276. The first-order valence-electron chi connectivity index (χ1n) is 6.27. The molecule has 1 N–H and O–H groups in total. The van der Waals surface area contributed by atoms with Gasteiger partial charge in [0.2, 0.25) is 0 Å². The first-order valence-corrected chi connectivity index (χ1v) is 8.54. The number of methoxy groups -OCH3 is 1. The van der Waals surface area contributed by atoms with Crippen molar-refractivity contribution in [1.29, 1.82) is 0 Å². The quantitative estimate of drug-likeness (QED) is 0.915. The number of para-hydroxylation sites is 1. The predicted molar refractivity (Wildman–Crippen MR) is 84.9 cm³/mol. The molecule has 0 saturated heterocycles. The highest BCUT2D eigenvalue weighted by Crippen LogP contribution is 2.26. The number of hydrogen-bond donors (Lipinski definition) is 1. The van der Waals surface area contributed by atoms with E-state index in [2.05, 4.69) is 5.32 Å². The second kappa shape index (κ2) is 6.37. The van der Waals surface area contributed by atoms with Gasteiger partial charge in [0.15, 0.2) is 9.84 Å². The maximum atomic E-state index is 11.8. The van der Waals surface area contributed by atoms with Crippen molar-refractivity contribution in [1.82, 2.24) is 0 Å². The maximum Gasteiger partial charge on any atom is 0.177 e. The summed E-state index contributed by atoms with van der Waals surface area (Å²) in [5, 5.41) is 3.72. The number of rotatable bonds is 5. The summed E-state index contributed by atoms with van der Waals surface area (Å²) in [5.74, 6) is 0.659. The molecule has 2 aromatic rings. The number of sulfone groups is 1. The summed E-state index contributed by atoms with van der Waals surface area (Å²) in [5.41, 5.74) is 1.46. The number of ether oxygens (including phenoxy) is 1. The first kappa shape index (κ1) is 15.7.